The molecule has 0 unspecified atom stereocenters. The fourth-order valence-electron chi connectivity index (χ4n) is 3.75. The van der Waals surface area contributed by atoms with E-state index in [1.165, 1.54) is 0 Å². The van der Waals surface area contributed by atoms with Gasteiger partial charge in [-0.25, -0.2) is 4.98 Å². The summed E-state index contributed by atoms with van der Waals surface area (Å²) in [5.41, 5.74) is 5.97. The van der Waals surface area contributed by atoms with Crippen LogP contribution in [0.5, 0.6) is 0 Å². The van der Waals surface area contributed by atoms with Crippen molar-refractivity contribution in [1.29, 1.82) is 0 Å². The van der Waals surface area contributed by atoms with Crippen LogP contribution in [0, 0.1) is 0 Å². The van der Waals surface area contributed by atoms with E-state index in [2.05, 4.69) is 22.5 Å². The molecule has 5 heteroatoms. The number of hydrogen-bond acceptors (Lipinski definition) is 3. The van der Waals surface area contributed by atoms with Gasteiger partial charge in [0.05, 0.1) is 23.0 Å². The molecule has 2 heterocycles. The molecule has 0 aliphatic carbocycles. The Bertz CT molecular complexity index is 1390. The van der Waals surface area contributed by atoms with Crippen molar-refractivity contribution in [1.82, 2.24) is 14.8 Å². The van der Waals surface area contributed by atoms with Crippen LogP contribution in [0.2, 0.25) is 0 Å². The van der Waals surface area contributed by atoms with Gasteiger partial charge < -0.3 is 5.32 Å². The van der Waals surface area contributed by atoms with Crippen LogP contribution in [0.15, 0.2) is 97.3 Å². The number of fused-ring (bicyclic) bond motifs is 1. The number of para-hydroxylation sites is 1. The van der Waals surface area contributed by atoms with E-state index in [9.17, 15) is 4.79 Å². The molecule has 5 nitrogen and oxygen atoms in total. The molecule has 1 amide bonds. The summed E-state index contributed by atoms with van der Waals surface area (Å²) in [7, 11) is 0. The number of aryl methyl sites for hydroxylation is 1. The first-order valence-electron chi connectivity index (χ1n) is 10.6. The Morgan fingerprint density at radius 1 is 0.875 bits per heavy atom. The van der Waals surface area contributed by atoms with Crippen LogP contribution >= 0.6 is 0 Å². The van der Waals surface area contributed by atoms with Gasteiger partial charge in [0.2, 0.25) is 0 Å². The Labute approximate surface area is 186 Å². The van der Waals surface area contributed by atoms with Gasteiger partial charge in [0.1, 0.15) is 0 Å². The van der Waals surface area contributed by atoms with Crippen LogP contribution in [0.25, 0.3) is 33.3 Å². The largest absolute Gasteiger partial charge is 0.322 e. The Balaban J connectivity index is 1.47. The zero-order chi connectivity index (χ0) is 21.9. The monoisotopic (exact) mass is 418 g/mol. The average molecular weight is 419 g/mol. The lowest BCUT2D eigenvalue weighted by molar-refractivity contribution is 0.102. The normalized spacial score (nSPS) is 10.9. The number of pyridine rings is 1. The first kappa shape index (κ1) is 19.7. The molecule has 0 bridgehead atoms. The molecule has 0 aliphatic heterocycles. The Morgan fingerprint density at radius 2 is 1.59 bits per heavy atom. The van der Waals surface area contributed by atoms with Gasteiger partial charge in [-0.2, -0.15) is 5.10 Å². The molecule has 0 saturated heterocycles. The summed E-state index contributed by atoms with van der Waals surface area (Å²) < 4.78 is 1.85. The maximum Gasteiger partial charge on any atom is 0.256 e. The first-order valence-corrected chi connectivity index (χ1v) is 10.6. The Hall–Kier alpha value is -4.25. The molecule has 0 spiro atoms. The van der Waals surface area contributed by atoms with E-state index in [0.29, 0.717) is 5.56 Å². The minimum absolute atomic E-state index is 0.166. The number of carbonyl (C=O) groups excluding carboxylic acids is 1. The van der Waals surface area contributed by atoms with Gasteiger partial charge >= 0.3 is 0 Å². The predicted molar refractivity (Wildman–Crippen MR) is 128 cm³/mol. The summed E-state index contributed by atoms with van der Waals surface area (Å²) in [5, 5.41) is 8.20. The summed E-state index contributed by atoms with van der Waals surface area (Å²) >= 11 is 0. The molecule has 0 radical (unpaired) electrons. The van der Waals surface area contributed by atoms with Crippen molar-refractivity contribution in [2.24, 2.45) is 0 Å². The van der Waals surface area contributed by atoms with Crippen molar-refractivity contribution >= 4 is 22.5 Å². The van der Waals surface area contributed by atoms with Crippen LogP contribution in [-0.2, 0) is 6.54 Å². The number of amides is 1. The van der Waals surface area contributed by atoms with E-state index in [0.717, 1.165) is 45.5 Å². The lowest BCUT2D eigenvalue weighted by Crippen LogP contribution is -2.13. The summed E-state index contributed by atoms with van der Waals surface area (Å²) in [6, 6.07) is 27.6. The third-order valence-electron chi connectivity index (χ3n) is 5.46. The molecule has 156 valence electrons. The van der Waals surface area contributed by atoms with Gasteiger partial charge in [0.15, 0.2) is 0 Å². The van der Waals surface area contributed by atoms with Crippen molar-refractivity contribution in [3.63, 3.8) is 0 Å². The summed E-state index contributed by atoms with van der Waals surface area (Å²) in [5.74, 6) is -0.166. The zero-order valence-corrected chi connectivity index (χ0v) is 17.7. The van der Waals surface area contributed by atoms with E-state index < -0.39 is 0 Å². The second-order valence-corrected chi connectivity index (χ2v) is 7.55. The van der Waals surface area contributed by atoms with E-state index >= 15 is 0 Å². The molecule has 3 aromatic carbocycles. The van der Waals surface area contributed by atoms with Gasteiger partial charge in [-0.05, 0) is 42.3 Å². The summed E-state index contributed by atoms with van der Waals surface area (Å²) in [6.45, 7) is 2.81. The molecular formula is C27H22N4O. The van der Waals surface area contributed by atoms with Gasteiger partial charge in [0, 0.05) is 29.4 Å². The lowest BCUT2D eigenvalue weighted by atomic mass is 10.0. The number of rotatable bonds is 5. The third kappa shape index (κ3) is 3.88. The number of aromatic nitrogens is 3. The average Bonchev–Trinajstić information content (AvgIpc) is 3.34. The fourth-order valence-corrected chi connectivity index (χ4v) is 3.75. The lowest BCUT2D eigenvalue weighted by Gasteiger charge is -2.11. The molecule has 0 atom stereocenters. The van der Waals surface area contributed by atoms with E-state index in [4.69, 9.17) is 4.98 Å². The van der Waals surface area contributed by atoms with E-state index in [1.807, 2.05) is 90.6 Å². The summed E-state index contributed by atoms with van der Waals surface area (Å²) in [6.07, 6.45) is 3.73. The van der Waals surface area contributed by atoms with Crippen LogP contribution in [-0.4, -0.2) is 20.7 Å². The highest BCUT2D eigenvalue weighted by Crippen LogP contribution is 2.26. The number of hydrogen-bond donors (Lipinski definition) is 1. The maximum absolute atomic E-state index is 13.3. The highest BCUT2D eigenvalue weighted by Gasteiger charge is 2.15. The van der Waals surface area contributed by atoms with Crippen LogP contribution in [0.4, 0.5) is 5.69 Å². The first-order chi connectivity index (χ1) is 15.7. The van der Waals surface area contributed by atoms with Gasteiger partial charge in [-0.1, -0.05) is 60.7 Å². The highest BCUT2D eigenvalue weighted by atomic mass is 16.1. The Morgan fingerprint density at radius 3 is 2.34 bits per heavy atom. The number of anilines is 1. The maximum atomic E-state index is 13.3. The molecule has 0 saturated carbocycles. The molecule has 0 fully saturated rings. The topological polar surface area (TPSA) is 59.8 Å². The van der Waals surface area contributed by atoms with Crippen molar-refractivity contribution in [3.05, 3.63) is 103 Å². The van der Waals surface area contributed by atoms with Crippen LogP contribution in [0.3, 0.4) is 0 Å². The smallest absolute Gasteiger partial charge is 0.256 e. The van der Waals surface area contributed by atoms with Crippen LogP contribution < -0.4 is 5.32 Å². The molecule has 5 rings (SSSR count). The molecule has 2 aromatic heterocycles. The zero-order valence-electron chi connectivity index (χ0n) is 17.7. The second kappa shape index (κ2) is 8.47. The molecule has 32 heavy (non-hydrogen) atoms. The van der Waals surface area contributed by atoms with Crippen LogP contribution in [0.1, 0.15) is 17.3 Å². The van der Waals surface area contributed by atoms with Gasteiger partial charge in [-0.3, -0.25) is 9.48 Å². The Kier molecular flexibility index (Phi) is 5.22. The van der Waals surface area contributed by atoms with Gasteiger partial charge in [-0.15, -0.1) is 0 Å². The molecule has 0 aliphatic rings. The molecular weight excluding hydrogens is 396 g/mol. The van der Waals surface area contributed by atoms with Crippen molar-refractivity contribution in [2.45, 2.75) is 13.5 Å². The predicted octanol–water partition coefficient (Wildman–Crippen LogP) is 6.04. The minimum atomic E-state index is -0.166. The molecule has 5 aromatic rings. The quantitative estimate of drug-likeness (QED) is 0.379. The van der Waals surface area contributed by atoms with E-state index in [-0.39, 0.29) is 5.91 Å². The molecule has 1 N–H and O–H groups in total. The number of nitrogens with one attached hydrogen (secondary N) is 1. The number of carbonyl (C=O) groups is 1. The SMILES string of the molecule is CCn1cc(-c2cc(C(=O)Nc3ccc(-c4ccccc4)cc3)c3ccccc3n2)cn1. The second-order valence-electron chi connectivity index (χ2n) is 7.55. The van der Waals surface area contributed by atoms with Crippen molar-refractivity contribution < 1.29 is 4.79 Å². The third-order valence-corrected chi connectivity index (χ3v) is 5.46. The van der Waals surface area contributed by atoms with Crippen molar-refractivity contribution in [2.75, 3.05) is 5.32 Å². The highest BCUT2D eigenvalue weighted by molar-refractivity contribution is 6.13. The number of benzene rings is 3. The number of nitrogens with zero attached hydrogens (tertiary/aromatic N) is 3. The summed E-state index contributed by atoms with van der Waals surface area (Å²) in [4.78, 5) is 18.0. The van der Waals surface area contributed by atoms with E-state index in [1.54, 1.807) is 6.20 Å². The standard InChI is InChI=1S/C27H22N4O/c1-2-31-18-21(17-28-31)26-16-24(23-10-6-7-11-25(23)30-26)27(32)29-22-14-12-20(13-15-22)19-8-4-3-5-9-19/h3-18H,2H2,1H3,(H,29,32). The van der Waals surface area contributed by atoms with Crippen molar-refractivity contribution in [3.8, 4) is 22.4 Å². The van der Waals surface area contributed by atoms with Gasteiger partial charge in [0.25, 0.3) is 5.91 Å². The minimum Gasteiger partial charge on any atom is -0.322 e. The fraction of sp³-hybridized carbons (Fsp3) is 0.0741.